The summed E-state index contributed by atoms with van der Waals surface area (Å²) in [6, 6.07) is 9.98. The molecule has 0 amide bonds. The van der Waals surface area contributed by atoms with Crippen LogP contribution in [0.2, 0.25) is 5.15 Å². The molecule has 0 aliphatic heterocycles. The molecule has 5 rings (SSSR count). The first-order valence-corrected chi connectivity index (χ1v) is 13.6. The van der Waals surface area contributed by atoms with Gasteiger partial charge in [-0.15, -0.1) is 0 Å². The number of nitrogens with one attached hydrogen (secondary N) is 1. The first-order valence-electron chi connectivity index (χ1n) is 11.7. The Labute approximate surface area is 214 Å². The molecule has 0 spiro atoms. The Morgan fingerprint density at radius 1 is 1.08 bits per heavy atom. The highest BCUT2D eigenvalue weighted by Gasteiger charge is 2.20. The van der Waals surface area contributed by atoms with Gasteiger partial charge in [0.1, 0.15) is 5.82 Å². The van der Waals surface area contributed by atoms with Gasteiger partial charge in [-0.05, 0) is 66.8 Å². The topological polar surface area (TPSA) is 76.4 Å². The number of anilines is 1. The first kappa shape index (κ1) is 24.3. The second-order valence-electron chi connectivity index (χ2n) is 9.06. The van der Waals surface area contributed by atoms with Gasteiger partial charge >= 0.3 is 0 Å². The summed E-state index contributed by atoms with van der Waals surface area (Å²) in [7, 11) is -3.98. The van der Waals surface area contributed by atoms with E-state index in [0.29, 0.717) is 17.4 Å². The van der Waals surface area contributed by atoms with Gasteiger partial charge in [-0.2, -0.15) is 5.10 Å². The van der Waals surface area contributed by atoms with Crippen molar-refractivity contribution >= 4 is 32.8 Å². The SMILES string of the molecule is CC1CCCCC1C#Cc1cnn2ccc(-c3cnc(Cl)c(NS(=O)(=O)c4ccc(F)cc4)c3)cc12. The molecular formula is C27H24ClFN4O2S. The van der Waals surface area contributed by atoms with Crippen LogP contribution in [-0.2, 0) is 10.0 Å². The maximum atomic E-state index is 13.2. The molecule has 1 N–H and O–H groups in total. The van der Waals surface area contributed by atoms with E-state index >= 15 is 0 Å². The molecule has 1 fully saturated rings. The van der Waals surface area contributed by atoms with Gasteiger partial charge in [0, 0.05) is 23.9 Å². The molecule has 2 unspecified atom stereocenters. The third-order valence-corrected chi connectivity index (χ3v) is 8.25. The summed E-state index contributed by atoms with van der Waals surface area (Å²) in [5.41, 5.74) is 3.29. The van der Waals surface area contributed by atoms with Crippen molar-refractivity contribution in [3.05, 3.63) is 77.6 Å². The summed E-state index contributed by atoms with van der Waals surface area (Å²) in [5, 5.41) is 4.42. The van der Waals surface area contributed by atoms with E-state index in [9.17, 15) is 12.8 Å². The fourth-order valence-corrected chi connectivity index (χ4v) is 5.72. The third-order valence-electron chi connectivity index (χ3n) is 6.57. The number of pyridine rings is 2. The zero-order chi connectivity index (χ0) is 25.3. The van der Waals surface area contributed by atoms with Gasteiger partial charge in [0.05, 0.1) is 27.9 Å². The van der Waals surface area contributed by atoms with Gasteiger partial charge in [-0.1, -0.05) is 43.2 Å². The van der Waals surface area contributed by atoms with Crippen molar-refractivity contribution in [2.75, 3.05) is 4.72 Å². The van der Waals surface area contributed by atoms with Gasteiger partial charge in [-0.3, -0.25) is 4.72 Å². The zero-order valence-corrected chi connectivity index (χ0v) is 21.2. The predicted octanol–water partition coefficient (Wildman–Crippen LogP) is 6.17. The highest BCUT2D eigenvalue weighted by Crippen LogP contribution is 2.31. The Balaban J connectivity index is 1.46. The van der Waals surface area contributed by atoms with E-state index in [2.05, 4.69) is 33.6 Å². The van der Waals surface area contributed by atoms with Crippen LogP contribution in [0.5, 0.6) is 0 Å². The fraction of sp³-hybridized carbons (Fsp3) is 0.259. The lowest BCUT2D eigenvalue weighted by Crippen LogP contribution is -2.14. The minimum Gasteiger partial charge on any atom is -0.276 e. The van der Waals surface area contributed by atoms with Crippen molar-refractivity contribution in [1.29, 1.82) is 0 Å². The monoisotopic (exact) mass is 522 g/mol. The van der Waals surface area contributed by atoms with Crippen LogP contribution < -0.4 is 4.72 Å². The minimum absolute atomic E-state index is 0.00280. The summed E-state index contributed by atoms with van der Waals surface area (Å²) < 4.78 is 43.0. The zero-order valence-electron chi connectivity index (χ0n) is 19.6. The number of fused-ring (bicyclic) bond motifs is 1. The van der Waals surface area contributed by atoms with Gasteiger partial charge in [0.2, 0.25) is 0 Å². The molecule has 1 saturated carbocycles. The van der Waals surface area contributed by atoms with Crippen LogP contribution in [0.1, 0.15) is 38.2 Å². The number of hydrogen-bond acceptors (Lipinski definition) is 4. The van der Waals surface area contributed by atoms with Gasteiger partial charge in [-0.25, -0.2) is 22.3 Å². The van der Waals surface area contributed by atoms with Crippen LogP contribution in [0.15, 0.2) is 66.0 Å². The number of aromatic nitrogens is 3. The Kier molecular flexibility index (Phi) is 6.69. The second kappa shape index (κ2) is 9.92. The first-order chi connectivity index (χ1) is 17.3. The predicted molar refractivity (Wildman–Crippen MR) is 139 cm³/mol. The molecule has 9 heteroatoms. The summed E-state index contributed by atoms with van der Waals surface area (Å²) in [6.45, 7) is 2.27. The Morgan fingerprint density at radius 3 is 2.64 bits per heavy atom. The minimum atomic E-state index is -3.98. The Morgan fingerprint density at radius 2 is 1.86 bits per heavy atom. The van der Waals surface area contributed by atoms with Crippen LogP contribution in [0.3, 0.4) is 0 Å². The smallest absolute Gasteiger partial charge is 0.261 e. The average Bonchev–Trinajstić information content (AvgIpc) is 3.27. The molecule has 2 atom stereocenters. The van der Waals surface area contributed by atoms with Gasteiger partial charge in [0.15, 0.2) is 5.15 Å². The fourth-order valence-electron chi connectivity index (χ4n) is 4.45. The van der Waals surface area contributed by atoms with Crippen molar-refractivity contribution < 1.29 is 12.8 Å². The molecule has 0 bridgehead atoms. The second-order valence-corrected chi connectivity index (χ2v) is 11.1. The van der Waals surface area contributed by atoms with Crippen molar-refractivity contribution in [2.45, 2.75) is 37.5 Å². The highest BCUT2D eigenvalue weighted by molar-refractivity contribution is 7.92. The van der Waals surface area contributed by atoms with Crippen LogP contribution in [0.4, 0.5) is 10.1 Å². The molecule has 1 aromatic carbocycles. The van der Waals surface area contributed by atoms with E-state index in [1.165, 1.54) is 31.4 Å². The van der Waals surface area contributed by atoms with E-state index in [1.54, 1.807) is 23.0 Å². The Bertz CT molecular complexity index is 1590. The maximum absolute atomic E-state index is 13.2. The largest absolute Gasteiger partial charge is 0.276 e. The Hall–Kier alpha value is -3.41. The van der Waals surface area contributed by atoms with E-state index in [-0.39, 0.29) is 15.7 Å². The summed E-state index contributed by atoms with van der Waals surface area (Å²) in [4.78, 5) is 4.09. The molecular weight excluding hydrogens is 499 g/mol. The molecule has 184 valence electrons. The quantitative estimate of drug-likeness (QED) is 0.257. The molecule has 0 radical (unpaired) electrons. The van der Waals surface area contributed by atoms with Crippen molar-refractivity contribution in [1.82, 2.24) is 14.6 Å². The van der Waals surface area contributed by atoms with Crippen molar-refractivity contribution in [2.24, 2.45) is 11.8 Å². The summed E-state index contributed by atoms with van der Waals surface area (Å²) in [6.07, 6.45) is 10.0. The van der Waals surface area contributed by atoms with E-state index in [4.69, 9.17) is 11.6 Å². The molecule has 1 aliphatic carbocycles. The lowest BCUT2D eigenvalue weighted by atomic mass is 9.81. The molecule has 6 nitrogen and oxygen atoms in total. The third kappa shape index (κ3) is 5.08. The number of sulfonamides is 1. The number of rotatable bonds is 4. The molecule has 0 saturated heterocycles. The number of hydrogen-bond donors (Lipinski definition) is 1. The van der Waals surface area contributed by atoms with E-state index in [0.717, 1.165) is 35.2 Å². The lowest BCUT2D eigenvalue weighted by molar-refractivity contribution is 0.316. The van der Waals surface area contributed by atoms with E-state index < -0.39 is 15.8 Å². The average molecular weight is 523 g/mol. The van der Waals surface area contributed by atoms with E-state index in [1.807, 2.05) is 18.3 Å². The standard InChI is InChI=1S/C27H24ClFN4O2S/c1-18-4-2-3-5-19(18)6-7-21-17-31-33-13-12-20(15-26(21)33)22-14-25(27(28)30-16-22)32-36(34,35)24-10-8-23(29)9-11-24/h8-19,32H,2-5H2,1H3. The van der Waals surface area contributed by atoms with Crippen LogP contribution in [-0.4, -0.2) is 23.0 Å². The summed E-state index contributed by atoms with van der Waals surface area (Å²) in [5.74, 6) is 7.26. The van der Waals surface area contributed by atoms with Crippen LogP contribution >= 0.6 is 11.6 Å². The van der Waals surface area contributed by atoms with Crippen molar-refractivity contribution in [3.8, 4) is 23.0 Å². The van der Waals surface area contributed by atoms with Crippen LogP contribution in [0.25, 0.3) is 16.6 Å². The number of halogens is 2. The molecule has 3 aromatic heterocycles. The number of nitrogens with zero attached hydrogens (tertiary/aromatic N) is 3. The van der Waals surface area contributed by atoms with Crippen molar-refractivity contribution in [3.63, 3.8) is 0 Å². The summed E-state index contributed by atoms with van der Waals surface area (Å²) >= 11 is 6.20. The highest BCUT2D eigenvalue weighted by atomic mass is 35.5. The maximum Gasteiger partial charge on any atom is 0.261 e. The normalized spacial score (nSPS) is 18.0. The van der Waals surface area contributed by atoms with Gasteiger partial charge in [0.25, 0.3) is 10.0 Å². The molecule has 4 aromatic rings. The lowest BCUT2D eigenvalue weighted by Gasteiger charge is -2.23. The molecule has 36 heavy (non-hydrogen) atoms. The molecule has 1 aliphatic rings. The van der Waals surface area contributed by atoms with Gasteiger partial charge < -0.3 is 0 Å². The molecule has 3 heterocycles. The number of benzene rings is 1. The van der Waals surface area contributed by atoms with Crippen LogP contribution in [0, 0.1) is 29.5 Å².